The number of halogens is 1. The zero-order valence-corrected chi connectivity index (χ0v) is 26.1. The molecular formula is C35H36FN5O3S. The zero-order valence-electron chi connectivity index (χ0n) is 25.3. The van der Waals surface area contributed by atoms with Crippen molar-refractivity contribution >= 4 is 26.6 Å². The Hall–Kier alpha value is -4.41. The predicted molar refractivity (Wildman–Crippen MR) is 176 cm³/mol. The number of benzene rings is 3. The largest absolute Gasteiger partial charge is 0.437 e. The summed E-state index contributed by atoms with van der Waals surface area (Å²) in [5.41, 5.74) is 4.11. The second-order valence-corrected chi connectivity index (χ2v) is 13.6. The van der Waals surface area contributed by atoms with Gasteiger partial charge in [0, 0.05) is 30.4 Å². The van der Waals surface area contributed by atoms with E-state index in [0.29, 0.717) is 45.5 Å². The molecule has 1 saturated heterocycles. The number of alkyl halides is 1. The molecule has 45 heavy (non-hydrogen) atoms. The number of anilines is 1. The minimum Gasteiger partial charge on any atom is -0.437 e. The van der Waals surface area contributed by atoms with Gasteiger partial charge in [-0.05, 0) is 79.1 Å². The van der Waals surface area contributed by atoms with Crippen LogP contribution in [0.4, 0.5) is 10.3 Å². The number of ether oxygens (including phenoxy) is 1. The van der Waals surface area contributed by atoms with Gasteiger partial charge in [-0.3, -0.25) is 0 Å². The van der Waals surface area contributed by atoms with E-state index >= 15 is 0 Å². The maximum absolute atomic E-state index is 13.6. The summed E-state index contributed by atoms with van der Waals surface area (Å²) < 4.78 is 46.7. The molecule has 1 unspecified atom stereocenters. The molecule has 2 atom stereocenters. The number of rotatable bonds is 10. The number of hydrogen-bond acceptors (Lipinski definition) is 8. The molecule has 0 bridgehead atoms. The Morgan fingerprint density at radius 3 is 2.60 bits per heavy atom. The second kappa shape index (κ2) is 13.3. The van der Waals surface area contributed by atoms with Crippen molar-refractivity contribution in [3.8, 4) is 22.9 Å². The van der Waals surface area contributed by atoms with E-state index < -0.39 is 16.0 Å². The van der Waals surface area contributed by atoms with Crippen molar-refractivity contribution < 1.29 is 17.5 Å². The molecule has 2 N–H and O–H groups in total. The molecule has 0 spiro atoms. The number of piperidine rings is 1. The van der Waals surface area contributed by atoms with Gasteiger partial charge >= 0.3 is 0 Å². The lowest BCUT2D eigenvalue weighted by atomic mass is 10.0. The third-order valence-corrected chi connectivity index (χ3v) is 9.56. The van der Waals surface area contributed by atoms with Gasteiger partial charge < -0.3 is 15.4 Å². The smallest absolute Gasteiger partial charge is 0.228 e. The summed E-state index contributed by atoms with van der Waals surface area (Å²) in [7, 11) is -3.52. The maximum Gasteiger partial charge on any atom is 0.228 e. The molecule has 0 aliphatic carbocycles. The Balaban J connectivity index is 1.27. The molecule has 8 nitrogen and oxygen atoms in total. The molecule has 3 aromatic carbocycles. The molecule has 5 aromatic rings. The summed E-state index contributed by atoms with van der Waals surface area (Å²) in [6, 6.07) is 21.9. The molecule has 1 fully saturated rings. The summed E-state index contributed by atoms with van der Waals surface area (Å²) in [5.74, 6) is 1.26. The van der Waals surface area contributed by atoms with E-state index in [1.165, 1.54) is 6.92 Å². The quantitative estimate of drug-likeness (QED) is 0.169. The molecule has 2 aromatic heterocycles. The van der Waals surface area contributed by atoms with E-state index in [0.717, 1.165) is 42.3 Å². The Morgan fingerprint density at radius 2 is 1.82 bits per heavy atom. The lowest BCUT2D eigenvalue weighted by molar-refractivity contribution is 0.374. The van der Waals surface area contributed by atoms with Crippen LogP contribution in [-0.2, 0) is 21.3 Å². The highest BCUT2D eigenvalue weighted by molar-refractivity contribution is 7.89. The van der Waals surface area contributed by atoms with Crippen molar-refractivity contribution in [3.63, 3.8) is 0 Å². The molecule has 1 aliphatic heterocycles. The summed E-state index contributed by atoms with van der Waals surface area (Å²) >= 11 is 0. The maximum atomic E-state index is 13.6. The first kappa shape index (κ1) is 30.6. The fourth-order valence-electron chi connectivity index (χ4n) is 5.69. The van der Waals surface area contributed by atoms with Crippen LogP contribution < -0.4 is 15.4 Å². The van der Waals surface area contributed by atoms with Crippen molar-refractivity contribution in [2.75, 3.05) is 18.4 Å². The molecule has 232 valence electrons. The minimum atomic E-state index is -3.52. The van der Waals surface area contributed by atoms with Crippen LogP contribution in [0, 0.1) is 6.92 Å². The van der Waals surface area contributed by atoms with Gasteiger partial charge in [-0.1, -0.05) is 54.6 Å². The molecule has 0 saturated carbocycles. The minimum absolute atomic E-state index is 0.135. The SMILES string of the molecule is Cc1ccc2c(CS(=O)(=O)Cc3ccc(C(C)F)cc3)cccc2c1Oc1ncccc1-c1ccnc(N[C@H]2CCCNC2)n1. The fraction of sp³-hybridized carbons (Fsp3) is 0.286. The van der Waals surface area contributed by atoms with Gasteiger partial charge in [0.05, 0.1) is 22.8 Å². The van der Waals surface area contributed by atoms with Gasteiger partial charge in [0.1, 0.15) is 11.9 Å². The summed E-state index contributed by atoms with van der Waals surface area (Å²) in [5, 5.41) is 8.40. The monoisotopic (exact) mass is 625 g/mol. The van der Waals surface area contributed by atoms with Crippen LogP contribution in [0.25, 0.3) is 22.0 Å². The van der Waals surface area contributed by atoms with E-state index in [1.54, 1.807) is 36.7 Å². The van der Waals surface area contributed by atoms with Crippen LogP contribution in [0.5, 0.6) is 11.6 Å². The first-order chi connectivity index (χ1) is 21.8. The zero-order chi connectivity index (χ0) is 31.4. The van der Waals surface area contributed by atoms with E-state index in [9.17, 15) is 12.8 Å². The number of sulfone groups is 1. The molecule has 1 aliphatic rings. The standard InChI is InChI=1S/C35H36FN5O3S/c1-23-10-15-29-27(22-45(42,43)21-25-11-13-26(14-12-25)24(2)36)6-3-8-30(29)33(23)44-34-31(9-5-18-38-34)32-16-19-39-35(41-32)40-28-7-4-17-37-20-28/h3,5-6,8-16,18-19,24,28,37H,4,7,17,20-22H2,1-2H3,(H,39,40,41)/t24?,28-/m0/s1. The highest BCUT2D eigenvalue weighted by atomic mass is 32.2. The third kappa shape index (κ3) is 7.29. The van der Waals surface area contributed by atoms with Crippen LogP contribution in [0.3, 0.4) is 0 Å². The van der Waals surface area contributed by atoms with E-state index in [1.807, 2.05) is 55.5 Å². The first-order valence-electron chi connectivity index (χ1n) is 15.1. The molecule has 3 heterocycles. The van der Waals surface area contributed by atoms with Crippen LogP contribution >= 0.6 is 0 Å². The van der Waals surface area contributed by atoms with Crippen molar-refractivity contribution in [1.29, 1.82) is 0 Å². The highest BCUT2D eigenvalue weighted by Gasteiger charge is 2.20. The van der Waals surface area contributed by atoms with Gasteiger partial charge in [-0.25, -0.2) is 27.8 Å². The lowest BCUT2D eigenvalue weighted by Gasteiger charge is -2.23. The van der Waals surface area contributed by atoms with Gasteiger partial charge in [0.25, 0.3) is 0 Å². The van der Waals surface area contributed by atoms with Gasteiger partial charge in [-0.15, -0.1) is 0 Å². The van der Waals surface area contributed by atoms with Crippen LogP contribution in [0.2, 0.25) is 0 Å². The van der Waals surface area contributed by atoms with Gasteiger partial charge in [0.2, 0.25) is 11.8 Å². The number of fused-ring (bicyclic) bond motifs is 1. The Bertz CT molecular complexity index is 1910. The third-order valence-electron chi connectivity index (χ3n) is 8.03. The number of pyridine rings is 1. The van der Waals surface area contributed by atoms with Gasteiger partial charge in [0.15, 0.2) is 9.84 Å². The van der Waals surface area contributed by atoms with E-state index in [2.05, 4.69) is 20.6 Å². The Labute approximate surface area is 263 Å². The molecular weight excluding hydrogens is 589 g/mol. The van der Waals surface area contributed by atoms with Crippen molar-refractivity contribution in [1.82, 2.24) is 20.3 Å². The van der Waals surface area contributed by atoms with Crippen molar-refractivity contribution in [3.05, 3.63) is 107 Å². The number of aryl methyl sites for hydroxylation is 1. The predicted octanol–water partition coefficient (Wildman–Crippen LogP) is 7.10. The Kier molecular flexibility index (Phi) is 9.04. The van der Waals surface area contributed by atoms with E-state index in [-0.39, 0.29) is 17.5 Å². The topological polar surface area (TPSA) is 106 Å². The molecule has 0 amide bonds. The van der Waals surface area contributed by atoms with Crippen molar-refractivity contribution in [2.45, 2.75) is 50.4 Å². The molecule has 10 heteroatoms. The Morgan fingerprint density at radius 1 is 0.978 bits per heavy atom. The molecule has 0 radical (unpaired) electrons. The number of hydrogen-bond donors (Lipinski definition) is 2. The second-order valence-electron chi connectivity index (χ2n) is 11.5. The van der Waals surface area contributed by atoms with Crippen LogP contribution in [0.15, 0.2) is 85.2 Å². The fourth-order valence-corrected chi connectivity index (χ4v) is 7.21. The van der Waals surface area contributed by atoms with Crippen LogP contribution in [0.1, 0.15) is 48.2 Å². The highest BCUT2D eigenvalue weighted by Crippen LogP contribution is 2.38. The van der Waals surface area contributed by atoms with Gasteiger partial charge in [-0.2, -0.15) is 0 Å². The number of nitrogens with one attached hydrogen (secondary N) is 2. The summed E-state index contributed by atoms with van der Waals surface area (Å²) in [6.07, 6.45) is 4.45. The first-order valence-corrected chi connectivity index (χ1v) is 17.0. The van der Waals surface area contributed by atoms with Crippen molar-refractivity contribution in [2.24, 2.45) is 0 Å². The number of aromatic nitrogens is 3. The normalized spacial score (nSPS) is 15.9. The average Bonchev–Trinajstić information content (AvgIpc) is 3.03. The summed E-state index contributed by atoms with van der Waals surface area (Å²) in [6.45, 7) is 5.30. The summed E-state index contributed by atoms with van der Waals surface area (Å²) in [4.78, 5) is 13.8. The van der Waals surface area contributed by atoms with Crippen LogP contribution in [-0.4, -0.2) is 42.5 Å². The average molecular weight is 626 g/mol. The lowest BCUT2D eigenvalue weighted by Crippen LogP contribution is -2.38. The molecule has 6 rings (SSSR count). The van der Waals surface area contributed by atoms with E-state index in [4.69, 9.17) is 9.72 Å². The number of nitrogens with zero attached hydrogens (tertiary/aromatic N) is 3.